The van der Waals surface area contributed by atoms with Gasteiger partial charge in [-0.25, -0.2) is 9.50 Å². The molecule has 4 aromatic heterocycles. The molecule has 1 aliphatic carbocycles. The van der Waals surface area contributed by atoms with Crippen LogP contribution >= 0.6 is 11.3 Å². The van der Waals surface area contributed by atoms with Crippen LogP contribution in [-0.4, -0.2) is 49.9 Å². The Morgan fingerprint density at radius 2 is 2.00 bits per heavy atom. The summed E-state index contributed by atoms with van der Waals surface area (Å²) in [6.45, 7) is 15.8. The number of rotatable bonds is 5. The van der Waals surface area contributed by atoms with Gasteiger partial charge in [0.2, 0.25) is 0 Å². The van der Waals surface area contributed by atoms with Gasteiger partial charge in [-0.15, -0.1) is 11.3 Å². The second-order valence-corrected chi connectivity index (χ2v) is 12.5. The first-order valence-electron chi connectivity index (χ1n) is 12.8. The lowest BCUT2D eigenvalue weighted by molar-refractivity contribution is -0.118. The molecule has 0 aromatic carbocycles. The molecule has 1 aliphatic heterocycles. The summed E-state index contributed by atoms with van der Waals surface area (Å²) in [6.07, 6.45) is 7.52. The van der Waals surface area contributed by atoms with Gasteiger partial charge in [0.05, 0.1) is 12.2 Å². The first-order valence-corrected chi connectivity index (χ1v) is 13.7. The molecule has 0 radical (unpaired) electrons. The van der Waals surface area contributed by atoms with Crippen molar-refractivity contribution in [3.63, 3.8) is 0 Å². The number of Topliss-reactive ketones (excluding diaryl/α,β-unsaturated/α-hetero) is 1. The summed E-state index contributed by atoms with van der Waals surface area (Å²) < 4.78 is 1.90. The van der Waals surface area contributed by atoms with Crippen molar-refractivity contribution in [2.75, 3.05) is 19.6 Å². The normalized spacial score (nSPS) is 22.8. The molecule has 1 saturated carbocycles. The number of thiophene rings is 1. The van der Waals surface area contributed by atoms with Crippen molar-refractivity contribution in [2.45, 2.75) is 72.6 Å². The van der Waals surface area contributed by atoms with Crippen LogP contribution in [0.25, 0.3) is 27.1 Å². The maximum absolute atomic E-state index is 11.6. The van der Waals surface area contributed by atoms with Gasteiger partial charge in [-0.05, 0) is 93.0 Å². The zero-order chi connectivity index (χ0) is 24.6. The average Bonchev–Trinajstić information content (AvgIpc) is 3.52. The van der Waals surface area contributed by atoms with Crippen molar-refractivity contribution in [1.82, 2.24) is 24.5 Å². The summed E-state index contributed by atoms with van der Waals surface area (Å²) in [4.78, 5) is 25.1. The molecule has 184 valence electrons. The Bertz CT molecular complexity index is 1470. The first kappa shape index (κ1) is 22.9. The van der Waals surface area contributed by atoms with E-state index in [-0.39, 0.29) is 5.78 Å². The molecule has 1 saturated heterocycles. The lowest BCUT2D eigenvalue weighted by Gasteiger charge is -2.45. The van der Waals surface area contributed by atoms with Gasteiger partial charge in [-0.3, -0.25) is 9.69 Å². The van der Waals surface area contributed by atoms with E-state index in [9.17, 15) is 4.79 Å². The number of likely N-dealkylation sites (tertiary alicyclic amines) is 1. The van der Waals surface area contributed by atoms with E-state index in [0.29, 0.717) is 23.8 Å². The molecule has 2 fully saturated rings. The van der Waals surface area contributed by atoms with Crippen molar-refractivity contribution in [2.24, 2.45) is 5.41 Å². The van der Waals surface area contributed by atoms with Crippen LogP contribution in [0, 0.1) is 26.2 Å². The van der Waals surface area contributed by atoms with Gasteiger partial charge in [-0.2, -0.15) is 5.10 Å². The second-order valence-electron chi connectivity index (χ2n) is 11.5. The number of nitrogens with zero attached hydrogens (tertiary/aromatic N) is 4. The highest BCUT2D eigenvalue weighted by molar-refractivity contribution is 7.19. The molecule has 0 bridgehead atoms. The van der Waals surface area contributed by atoms with Gasteiger partial charge in [0, 0.05) is 28.6 Å². The molecule has 7 heteroatoms. The summed E-state index contributed by atoms with van der Waals surface area (Å²) >= 11 is 1.97. The zero-order valence-corrected chi connectivity index (χ0v) is 22.5. The SMILES string of the molecule is CC(=O)CN1CC[C@]2(C1)C[C@H](c1sc3[nH]c(-c4cn5ncnc5c(C)c4C)c(C(C)C)c3c1C)C2. The summed E-state index contributed by atoms with van der Waals surface area (Å²) in [7, 11) is 0. The van der Waals surface area contributed by atoms with Gasteiger partial charge >= 0.3 is 0 Å². The number of hydrogen-bond acceptors (Lipinski definition) is 5. The molecule has 0 unspecified atom stereocenters. The third-order valence-corrected chi connectivity index (χ3v) is 10.00. The van der Waals surface area contributed by atoms with Gasteiger partial charge in [0.15, 0.2) is 5.65 Å². The van der Waals surface area contributed by atoms with Crippen molar-refractivity contribution < 1.29 is 4.79 Å². The number of aryl methyl sites for hydroxylation is 2. The average molecular weight is 490 g/mol. The van der Waals surface area contributed by atoms with Crippen molar-refractivity contribution >= 4 is 33.0 Å². The lowest BCUT2D eigenvalue weighted by Crippen LogP contribution is -2.39. The fourth-order valence-corrected chi connectivity index (χ4v) is 8.19. The van der Waals surface area contributed by atoms with Gasteiger partial charge in [-0.1, -0.05) is 13.8 Å². The number of carbonyl (C=O) groups is 1. The monoisotopic (exact) mass is 489 g/mol. The topological polar surface area (TPSA) is 66.3 Å². The Labute approximate surface area is 210 Å². The summed E-state index contributed by atoms with van der Waals surface area (Å²) in [6, 6.07) is 0. The van der Waals surface area contributed by atoms with Crippen molar-refractivity contribution in [3.05, 3.63) is 39.7 Å². The largest absolute Gasteiger partial charge is 0.346 e. The molecule has 1 spiro atoms. The van der Waals surface area contributed by atoms with Crippen LogP contribution in [-0.2, 0) is 4.79 Å². The standard InChI is InChI=1S/C28H35N5OS/c1-15(2)22-23-19(6)25(20-9-28(10-20)7-8-32(13-28)11-16(3)34)35-27(23)31-24(22)21-12-33-26(29-14-30-33)18(5)17(21)4/h12,14-15,20,31H,7-11,13H2,1-6H3/t20-,28-. The molecule has 2 aliphatic rings. The highest BCUT2D eigenvalue weighted by Crippen LogP contribution is 2.58. The van der Waals surface area contributed by atoms with E-state index in [1.165, 1.54) is 63.0 Å². The molecule has 35 heavy (non-hydrogen) atoms. The molecule has 1 N–H and O–H groups in total. The summed E-state index contributed by atoms with van der Waals surface area (Å²) in [5.41, 5.74) is 9.13. The number of fused-ring (bicyclic) bond motifs is 2. The lowest BCUT2D eigenvalue weighted by atomic mass is 9.60. The Kier molecular flexibility index (Phi) is 5.24. The van der Waals surface area contributed by atoms with Crippen LogP contribution in [0.2, 0.25) is 0 Å². The Hall–Kier alpha value is -2.51. The number of aromatic amines is 1. The maximum Gasteiger partial charge on any atom is 0.158 e. The van der Waals surface area contributed by atoms with Crippen LogP contribution in [0.1, 0.15) is 79.0 Å². The number of aromatic nitrogens is 4. The highest BCUT2D eigenvalue weighted by Gasteiger charge is 2.49. The third kappa shape index (κ3) is 3.50. The number of carbonyl (C=O) groups excluding carboxylic acids is 1. The molecule has 0 atom stereocenters. The van der Waals surface area contributed by atoms with E-state index < -0.39 is 0 Å². The fraction of sp³-hybridized carbons (Fsp3) is 0.536. The number of ketones is 1. The van der Waals surface area contributed by atoms with Crippen LogP contribution in [0.4, 0.5) is 0 Å². The van der Waals surface area contributed by atoms with E-state index in [2.05, 4.69) is 60.8 Å². The zero-order valence-electron chi connectivity index (χ0n) is 21.7. The van der Waals surface area contributed by atoms with E-state index in [4.69, 9.17) is 0 Å². The van der Waals surface area contributed by atoms with E-state index in [1.807, 2.05) is 15.9 Å². The molecular formula is C28H35N5OS. The molecule has 6 rings (SSSR count). The number of pyridine rings is 1. The van der Waals surface area contributed by atoms with E-state index in [0.717, 1.165) is 18.7 Å². The number of H-pyrrole nitrogens is 1. The minimum Gasteiger partial charge on any atom is -0.346 e. The van der Waals surface area contributed by atoms with E-state index >= 15 is 0 Å². The quantitative estimate of drug-likeness (QED) is 0.365. The molecule has 5 heterocycles. The van der Waals surface area contributed by atoms with Crippen molar-refractivity contribution in [3.8, 4) is 11.3 Å². The minimum absolute atomic E-state index is 0.284. The van der Waals surface area contributed by atoms with Gasteiger partial charge in [0.1, 0.15) is 16.9 Å². The highest BCUT2D eigenvalue weighted by atomic mass is 32.1. The number of hydrogen-bond donors (Lipinski definition) is 1. The fourth-order valence-electron chi connectivity index (χ4n) is 6.86. The van der Waals surface area contributed by atoms with Crippen LogP contribution in [0.5, 0.6) is 0 Å². The van der Waals surface area contributed by atoms with E-state index in [1.54, 1.807) is 18.1 Å². The Balaban J connectivity index is 1.36. The predicted molar refractivity (Wildman–Crippen MR) is 143 cm³/mol. The molecule has 6 nitrogen and oxygen atoms in total. The summed E-state index contributed by atoms with van der Waals surface area (Å²) in [5.74, 6) is 1.34. The Morgan fingerprint density at radius 1 is 1.23 bits per heavy atom. The van der Waals surface area contributed by atoms with Gasteiger partial charge < -0.3 is 4.98 Å². The van der Waals surface area contributed by atoms with Crippen LogP contribution < -0.4 is 0 Å². The molecule has 0 amide bonds. The number of nitrogens with one attached hydrogen (secondary N) is 1. The minimum atomic E-state index is 0.284. The van der Waals surface area contributed by atoms with Crippen LogP contribution in [0.15, 0.2) is 12.5 Å². The third-order valence-electron chi connectivity index (χ3n) is 8.63. The predicted octanol–water partition coefficient (Wildman–Crippen LogP) is 6.15. The molecular weight excluding hydrogens is 454 g/mol. The summed E-state index contributed by atoms with van der Waals surface area (Å²) in [5, 5.41) is 5.85. The van der Waals surface area contributed by atoms with Crippen LogP contribution in [0.3, 0.4) is 0 Å². The second kappa shape index (κ2) is 8.00. The first-order chi connectivity index (χ1) is 16.7. The van der Waals surface area contributed by atoms with Gasteiger partial charge in [0.25, 0.3) is 0 Å². The maximum atomic E-state index is 11.6. The molecule has 4 aromatic rings. The Morgan fingerprint density at radius 3 is 2.71 bits per heavy atom. The smallest absolute Gasteiger partial charge is 0.158 e. The van der Waals surface area contributed by atoms with Crippen molar-refractivity contribution in [1.29, 1.82) is 0 Å².